The average molecular weight is 235 g/mol. The molecule has 2 rings (SSSR count). The van der Waals surface area contributed by atoms with Crippen molar-refractivity contribution in [1.29, 1.82) is 0 Å². The van der Waals surface area contributed by atoms with Crippen LogP contribution in [0.4, 0.5) is 0 Å². The van der Waals surface area contributed by atoms with E-state index in [0.717, 1.165) is 13.1 Å². The molecule has 0 bridgehead atoms. The van der Waals surface area contributed by atoms with E-state index in [9.17, 15) is 4.79 Å². The van der Waals surface area contributed by atoms with E-state index < -0.39 is 0 Å². The minimum Gasteiger partial charge on any atom is -0.373 e. The van der Waals surface area contributed by atoms with E-state index in [4.69, 9.17) is 4.74 Å². The molecule has 1 atom stereocenters. The van der Waals surface area contributed by atoms with E-state index in [2.05, 4.69) is 15.3 Å². The largest absolute Gasteiger partial charge is 0.373 e. The molecule has 1 N–H and O–H groups in total. The molecule has 92 valence electrons. The topological polar surface area (TPSA) is 64.1 Å². The highest BCUT2D eigenvalue weighted by molar-refractivity contribution is 5.94. The lowest BCUT2D eigenvalue weighted by molar-refractivity contribution is 0.0641. The summed E-state index contributed by atoms with van der Waals surface area (Å²) in [7, 11) is 0. The normalized spacial score (nSPS) is 20.1. The summed E-state index contributed by atoms with van der Waals surface area (Å²) in [5.41, 5.74) is 0.370. The minimum absolute atomic E-state index is 0.0925. The van der Waals surface area contributed by atoms with Crippen molar-refractivity contribution in [3.63, 3.8) is 0 Å². The number of nitrogens with one attached hydrogen (secondary N) is 1. The summed E-state index contributed by atoms with van der Waals surface area (Å²) in [6, 6.07) is 0. The summed E-state index contributed by atoms with van der Waals surface area (Å²) in [6.45, 7) is 2.81. The quantitative estimate of drug-likeness (QED) is 0.760. The zero-order valence-electron chi connectivity index (χ0n) is 9.76. The Hall–Kier alpha value is -1.33. The third-order valence-corrected chi connectivity index (χ3v) is 2.83. The molecule has 5 nitrogen and oxygen atoms in total. The van der Waals surface area contributed by atoms with Gasteiger partial charge in [0.15, 0.2) is 0 Å². The van der Waals surface area contributed by atoms with Crippen molar-refractivity contribution < 1.29 is 9.53 Å². The van der Waals surface area contributed by atoms with E-state index in [1.165, 1.54) is 25.2 Å². The molecule has 1 aromatic rings. The fourth-order valence-corrected chi connectivity index (χ4v) is 1.90. The maximum Gasteiger partial charge on any atom is 0.208 e. The first-order valence-electron chi connectivity index (χ1n) is 5.94. The Bertz CT molecular complexity index is 350. The van der Waals surface area contributed by atoms with Gasteiger partial charge in [-0.15, -0.1) is 0 Å². The van der Waals surface area contributed by atoms with Gasteiger partial charge in [-0.25, -0.2) is 4.98 Å². The smallest absolute Gasteiger partial charge is 0.208 e. The molecule has 0 spiro atoms. The van der Waals surface area contributed by atoms with Crippen LogP contribution in [0.15, 0.2) is 18.6 Å². The van der Waals surface area contributed by atoms with E-state index in [1.807, 2.05) is 0 Å². The van der Waals surface area contributed by atoms with E-state index >= 15 is 0 Å². The van der Waals surface area contributed by atoms with Gasteiger partial charge in [-0.05, 0) is 25.3 Å². The number of carbonyl (C=O) groups excluding carboxylic acids is 1. The highest BCUT2D eigenvalue weighted by Gasteiger charge is 2.14. The number of ether oxygens (including phenoxy) is 1. The van der Waals surface area contributed by atoms with Crippen LogP contribution in [-0.2, 0) is 4.74 Å². The number of ketones is 1. The highest BCUT2D eigenvalue weighted by atomic mass is 16.5. The number of aromatic nitrogens is 2. The molecule has 2 heterocycles. The molecule has 1 unspecified atom stereocenters. The van der Waals surface area contributed by atoms with Crippen LogP contribution in [0.1, 0.15) is 23.3 Å². The van der Waals surface area contributed by atoms with Gasteiger partial charge in [-0.1, -0.05) is 0 Å². The van der Waals surface area contributed by atoms with Crippen LogP contribution < -0.4 is 5.32 Å². The summed E-state index contributed by atoms with van der Waals surface area (Å²) >= 11 is 0. The van der Waals surface area contributed by atoms with Gasteiger partial charge in [0, 0.05) is 18.9 Å². The van der Waals surface area contributed by atoms with Gasteiger partial charge in [0.2, 0.25) is 5.78 Å². The standard InChI is InChI=1S/C12H17N3O2/c16-12(11-7-14-4-5-15-11)9-17-8-10-2-1-3-13-6-10/h4-5,7,10,13H,1-3,6,8-9H2. The van der Waals surface area contributed by atoms with Crippen LogP contribution in [0.3, 0.4) is 0 Å². The van der Waals surface area contributed by atoms with Crippen LogP contribution in [0.2, 0.25) is 0 Å². The van der Waals surface area contributed by atoms with Gasteiger partial charge in [-0.3, -0.25) is 9.78 Å². The van der Waals surface area contributed by atoms with Crippen LogP contribution in [0.5, 0.6) is 0 Å². The Morgan fingerprint density at radius 3 is 3.18 bits per heavy atom. The van der Waals surface area contributed by atoms with Crippen molar-refractivity contribution >= 4 is 5.78 Å². The van der Waals surface area contributed by atoms with Crippen molar-refractivity contribution in [3.05, 3.63) is 24.3 Å². The Morgan fingerprint density at radius 1 is 1.53 bits per heavy atom. The first kappa shape index (κ1) is 12.1. The summed E-state index contributed by atoms with van der Waals surface area (Å²) < 4.78 is 5.43. The Morgan fingerprint density at radius 2 is 2.47 bits per heavy atom. The van der Waals surface area contributed by atoms with Crippen LogP contribution in [-0.4, -0.2) is 42.1 Å². The van der Waals surface area contributed by atoms with Gasteiger partial charge < -0.3 is 10.1 Å². The second-order valence-corrected chi connectivity index (χ2v) is 4.24. The average Bonchev–Trinajstić information content (AvgIpc) is 2.41. The van der Waals surface area contributed by atoms with Crippen molar-refractivity contribution in [2.45, 2.75) is 12.8 Å². The molecule has 1 aromatic heterocycles. The molecule has 1 aliphatic heterocycles. The summed E-state index contributed by atoms with van der Waals surface area (Å²) in [5.74, 6) is 0.417. The Labute approximate surface area is 101 Å². The van der Waals surface area contributed by atoms with E-state index in [-0.39, 0.29) is 12.4 Å². The van der Waals surface area contributed by atoms with Crippen LogP contribution in [0, 0.1) is 5.92 Å². The summed E-state index contributed by atoms with van der Waals surface area (Å²) in [5, 5.41) is 3.32. The summed E-state index contributed by atoms with van der Waals surface area (Å²) in [6.07, 6.45) is 6.88. The highest BCUT2D eigenvalue weighted by Crippen LogP contribution is 2.10. The van der Waals surface area contributed by atoms with E-state index in [0.29, 0.717) is 18.2 Å². The van der Waals surface area contributed by atoms with E-state index in [1.54, 1.807) is 6.20 Å². The first-order valence-corrected chi connectivity index (χ1v) is 5.94. The van der Waals surface area contributed by atoms with Gasteiger partial charge >= 0.3 is 0 Å². The van der Waals surface area contributed by atoms with Crippen molar-refractivity contribution in [3.8, 4) is 0 Å². The second-order valence-electron chi connectivity index (χ2n) is 4.24. The monoisotopic (exact) mass is 235 g/mol. The third-order valence-electron chi connectivity index (χ3n) is 2.83. The molecule has 1 fully saturated rings. The Balaban J connectivity index is 1.69. The maximum absolute atomic E-state index is 11.6. The zero-order valence-corrected chi connectivity index (χ0v) is 9.76. The predicted molar refractivity (Wildman–Crippen MR) is 62.8 cm³/mol. The van der Waals surface area contributed by atoms with Crippen LogP contribution >= 0.6 is 0 Å². The number of piperidine rings is 1. The van der Waals surface area contributed by atoms with Gasteiger partial charge in [0.05, 0.1) is 12.8 Å². The number of nitrogens with zero attached hydrogens (tertiary/aromatic N) is 2. The molecule has 5 heteroatoms. The molecular weight excluding hydrogens is 218 g/mol. The number of carbonyl (C=O) groups is 1. The lowest BCUT2D eigenvalue weighted by atomic mass is 10.0. The third kappa shape index (κ3) is 3.87. The fraction of sp³-hybridized carbons (Fsp3) is 0.583. The molecule has 0 aliphatic carbocycles. The van der Waals surface area contributed by atoms with Gasteiger partial charge in [0.25, 0.3) is 0 Å². The number of Topliss-reactive ketones (excluding diaryl/α,β-unsaturated/α-hetero) is 1. The number of hydrogen-bond acceptors (Lipinski definition) is 5. The molecule has 1 aliphatic rings. The van der Waals surface area contributed by atoms with Crippen LogP contribution in [0.25, 0.3) is 0 Å². The van der Waals surface area contributed by atoms with Crippen molar-refractivity contribution in [2.24, 2.45) is 5.92 Å². The fourth-order valence-electron chi connectivity index (χ4n) is 1.90. The Kier molecular flexibility index (Phi) is 4.58. The molecule has 1 saturated heterocycles. The molecule has 0 saturated carbocycles. The zero-order chi connectivity index (χ0) is 11.9. The van der Waals surface area contributed by atoms with Gasteiger partial charge in [0.1, 0.15) is 12.3 Å². The molecule has 0 radical (unpaired) electrons. The number of rotatable bonds is 5. The lowest BCUT2D eigenvalue weighted by Gasteiger charge is -2.22. The maximum atomic E-state index is 11.6. The lowest BCUT2D eigenvalue weighted by Crippen LogP contribution is -2.32. The summed E-state index contributed by atoms with van der Waals surface area (Å²) in [4.78, 5) is 19.4. The SMILES string of the molecule is O=C(COCC1CCCNC1)c1cnccn1. The molecule has 0 aromatic carbocycles. The van der Waals surface area contributed by atoms with Crippen molar-refractivity contribution in [2.75, 3.05) is 26.3 Å². The predicted octanol–water partition coefficient (Wildman–Crippen LogP) is 0.675. The number of hydrogen-bond donors (Lipinski definition) is 1. The van der Waals surface area contributed by atoms with Gasteiger partial charge in [-0.2, -0.15) is 0 Å². The van der Waals surface area contributed by atoms with Crippen molar-refractivity contribution in [1.82, 2.24) is 15.3 Å². The molecule has 0 amide bonds. The molecule has 17 heavy (non-hydrogen) atoms. The second kappa shape index (κ2) is 6.42. The minimum atomic E-state index is -0.109. The first-order chi connectivity index (χ1) is 8.36. The molecular formula is C12H17N3O2.